The number of nitrogens with zero attached hydrogens (tertiary/aromatic N) is 3. The van der Waals surface area contributed by atoms with Crippen molar-refractivity contribution >= 4 is 45.6 Å². The molecule has 0 fully saturated rings. The minimum atomic E-state index is -0.662. The number of fused-ring (bicyclic) bond motifs is 1. The van der Waals surface area contributed by atoms with Gasteiger partial charge in [0.1, 0.15) is 0 Å². The Morgan fingerprint density at radius 3 is 2.48 bits per heavy atom. The van der Waals surface area contributed by atoms with E-state index in [-0.39, 0.29) is 11.8 Å². The highest BCUT2D eigenvalue weighted by atomic mass is 32.1. The van der Waals surface area contributed by atoms with Gasteiger partial charge in [0, 0.05) is 29.3 Å². The van der Waals surface area contributed by atoms with Crippen LogP contribution in [0.3, 0.4) is 0 Å². The molecular weight excluding hydrogens is 434 g/mol. The van der Waals surface area contributed by atoms with Gasteiger partial charge in [-0.3, -0.25) is 19.6 Å². The Balaban J connectivity index is 1.51. The summed E-state index contributed by atoms with van der Waals surface area (Å²) < 4.78 is 0. The highest BCUT2D eigenvalue weighted by Gasteiger charge is 2.23. The normalized spacial score (nSPS) is 11.1. The third-order valence-corrected chi connectivity index (χ3v) is 6.23. The first-order valence-corrected chi connectivity index (χ1v) is 11.1. The monoisotopic (exact) mass is 455 g/mol. The minimum absolute atomic E-state index is 0.269. The number of aromatic nitrogens is 2. The fourth-order valence-corrected chi connectivity index (χ4v) is 4.14. The molecule has 2 aromatic carbocycles. The lowest BCUT2D eigenvalue weighted by atomic mass is 9.88. The zero-order valence-electron chi connectivity index (χ0n) is 18.3. The summed E-state index contributed by atoms with van der Waals surface area (Å²) in [5.41, 5.74) is 3.96. The molecule has 8 heteroatoms. The molecule has 7 nitrogen and oxygen atoms in total. The van der Waals surface area contributed by atoms with Gasteiger partial charge in [-0.2, -0.15) is 5.26 Å². The average molecular weight is 456 g/mol. The molecule has 0 aliphatic heterocycles. The molecule has 2 amide bonds. The Hall–Kier alpha value is -4.09. The molecule has 0 unspecified atom stereocenters. The molecule has 0 spiro atoms. The number of rotatable bonds is 5. The number of thiophene rings is 1. The van der Waals surface area contributed by atoms with Crippen LogP contribution >= 0.6 is 11.3 Å². The highest BCUT2D eigenvalue weighted by Crippen LogP contribution is 2.28. The van der Waals surface area contributed by atoms with Crippen LogP contribution in [0.4, 0.5) is 11.4 Å². The van der Waals surface area contributed by atoms with Crippen molar-refractivity contribution in [2.45, 2.75) is 26.2 Å². The Kier molecular flexibility index (Phi) is 5.90. The topological polar surface area (TPSA) is 108 Å². The molecule has 0 saturated heterocycles. The molecule has 0 radical (unpaired) electrons. The van der Waals surface area contributed by atoms with E-state index in [0.29, 0.717) is 32.8 Å². The van der Waals surface area contributed by atoms with E-state index in [1.165, 1.54) is 11.3 Å². The predicted molar refractivity (Wildman–Crippen MR) is 130 cm³/mol. The first-order chi connectivity index (χ1) is 15.8. The summed E-state index contributed by atoms with van der Waals surface area (Å²) in [6, 6.07) is 14.5. The number of benzene rings is 2. The van der Waals surface area contributed by atoms with Crippen LogP contribution in [0.5, 0.6) is 0 Å². The smallest absolute Gasteiger partial charge is 0.265 e. The third kappa shape index (κ3) is 4.73. The Morgan fingerprint density at radius 2 is 1.73 bits per heavy atom. The van der Waals surface area contributed by atoms with Gasteiger partial charge in [-0.1, -0.05) is 6.07 Å². The van der Waals surface area contributed by atoms with Gasteiger partial charge in [-0.25, -0.2) is 0 Å². The number of amides is 2. The van der Waals surface area contributed by atoms with E-state index in [1.54, 1.807) is 48.8 Å². The summed E-state index contributed by atoms with van der Waals surface area (Å²) in [4.78, 5) is 34.5. The van der Waals surface area contributed by atoms with E-state index in [9.17, 15) is 14.9 Å². The number of hydrogen-bond acceptors (Lipinski definition) is 6. The molecule has 0 aliphatic rings. The molecular formula is C25H21N5O2S. The number of aryl methyl sites for hydroxylation is 1. The summed E-state index contributed by atoms with van der Waals surface area (Å²) in [7, 11) is 0. The van der Waals surface area contributed by atoms with Crippen LogP contribution in [-0.4, -0.2) is 21.8 Å². The lowest BCUT2D eigenvalue weighted by Crippen LogP contribution is -2.15. The summed E-state index contributed by atoms with van der Waals surface area (Å²) in [6.45, 7) is 5.50. The first-order valence-electron chi connectivity index (χ1n) is 10.2. The zero-order valence-corrected chi connectivity index (χ0v) is 19.2. The van der Waals surface area contributed by atoms with Gasteiger partial charge in [-0.15, -0.1) is 11.3 Å². The van der Waals surface area contributed by atoms with Gasteiger partial charge >= 0.3 is 0 Å². The van der Waals surface area contributed by atoms with E-state index < -0.39 is 5.41 Å². The number of nitrogens with one attached hydrogen (secondary N) is 2. The molecule has 33 heavy (non-hydrogen) atoms. The van der Waals surface area contributed by atoms with Crippen molar-refractivity contribution in [2.75, 3.05) is 10.6 Å². The fraction of sp³-hybridized carbons (Fsp3) is 0.160. The molecule has 2 N–H and O–H groups in total. The van der Waals surface area contributed by atoms with Crippen LogP contribution in [-0.2, 0) is 5.41 Å². The molecule has 2 aromatic heterocycles. The maximum absolute atomic E-state index is 12.8. The molecule has 0 atom stereocenters. The van der Waals surface area contributed by atoms with Crippen molar-refractivity contribution in [3.8, 4) is 6.07 Å². The highest BCUT2D eigenvalue weighted by molar-refractivity contribution is 7.12. The molecule has 0 saturated carbocycles. The summed E-state index contributed by atoms with van der Waals surface area (Å²) >= 11 is 1.29. The maximum atomic E-state index is 12.8. The van der Waals surface area contributed by atoms with Crippen LogP contribution < -0.4 is 10.6 Å². The van der Waals surface area contributed by atoms with E-state index >= 15 is 0 Å². The van der Waals surface area contributed by atoms with E-state index in [4.69, 9.17) is 0 Å². The summed E-state index contributed by atoms with van der Waals surface area (Å²) in [5.74, 6) is -0.551. The third-order valence-electron chi connectivity index (χ3n) is 5.30. The number of anilines is 2. The van der Waals surface area contributed by atoms with Crippen LogP contribution in [0.2, 0.25) is 0 Å². The van der Waals surface area contributed by atoms with Crippen LogP contribution in [0.25, 0.3) is 11.0 Å². The van der Waals surface area contributed by atoms with Crippen LogP contribution in [0.1, 0.15) is 45.0 Å². The largest absolute Gasteiger partial charge is 0.322 e. The van der Waals surface area contributed by atoms with Gasteiger partial charge in [0.15, 0.2) is 0 Å². The number of hydrogen-bond donors (Lipinski definition) is 2. The molecule has 0 bridgehead atoms. The SMILES string of the molecule is Cc1ccc(NC(=O)c2cc(C(C)(C)C#N)cs2)cc1NC(=O)c1ccc2nccnc2c1. The summed E-state index contributed by atoms with van der Waals surface area (Å²) in [5, 5.41) is 16.9. The number of carbonyl (C=O) groups is 2. The van der Waals surface area contributed by atoms with Gasteiger partial charge in [0.05, 0.1) is 27.4 Å². The Bertz CT molecular complexity index is 1420. The van der Waals surface area contributed by atoms with Crippen molar-refractivity contribution in [1.82, 2.24) is 9.97 Å². The Morgan fingerprint density at radius 1 is 0.970 bits per heavy atom. The van der Waals surface area contributed by atoms with Crippen LogP contribution in [0, 0.1) is 18.3 Å². The number of nitriles is 1. The fourth-order valence-electron chi connectivity index (χ4n) is 3.17. The zero-order chi connectivity index (χ0) is 23.6. The van der Waals surface area contributed by atoms with Crippen molar-refractivity contribution in [3.63, 3.8) is 0 Å². The van der Waals surface area contributed by atoms with Gasteiger partial charge in [0.25, 0.3) is 11.8 Å². The second-order valence-electron chi connectivity index (χ2n) is 8.13. The molecule has 0 aliphatic carbocycles. The summed E-state index contributed by atoms with van der Waals surface area (Å²) in [6.07, 6.45) is 3.19. The van der Waals surface area contributed by atoms with Crippen molar-refractivity contribution in [1.29, 1.82) is 5.26 Å². The quantitative estimate of drug-likeness (QED) is 0.424. The molecule has 2 heterocycles. The lowest BCUT2D eigenvalue weighted by molar-refractivity contribution is 0.102. The first kappa shape index (κ1) is 22.1. The van der Waals surface area contributed by atoms with Gasteiger partial charge < -0.3 is 10.6 Å². The second-order valence-corrected chi connectivity index (χ2v) is 9.05. The predicted octanol–water partition coefficient (Wildman–Crippen LogP) is 5.31. The van der Waals surface area contributed by atoms with Crippen LogP contribution in [0.15, 0.2) is 60.2 Å². The maximum Gasteiger partial charge on any atom is 0.265 e. The Labute approximate surface area is 195 Å². The number of carbonyl (C=O) groups excluding carboxylic acids is 2. The van der Waals surface area contributed by atoms with Crippen molar-refractivity contribution in [2.24, 2.45) is 0 Å². The molecule has 164 valence electrons. The average Bonchev–Trinajstić information content (AvgIpc) is 3.32. The molecule has 4 aromatic rings. The van der Waals surface area contributed by atoms with Crippen molar-refractivity contribution < 1.29 is 9.59 Å². The van der Waals surface area contributed by atoms with Crippen molar-refractivity contribution in [3.05, 3.63) is 81.8 Å². The second kappa shape index (κ2) is 8.81. The van der Waals surface area contributed by atoms with Gasteiger partial charge in [0.2, 0.25) is 0 Å². The standard InChI is InChI=1S/C25H21N5O2S/c1-15-4-6-18(29-24(32)22-11-17(13-33-22)25(2,3)14-26)12-20(15)30-23(31)16-5-7-19-21(10-16)28-9-8-27-19/h4-13H,1-3H3,(H,29,32)(H,30,31). The van der Waals surface area contributed by atoms with E-state index in [0.717, 1.165) is 11.1 Å². The minimum Gasteiger partial charge on any atom is -0.322 e. The molecule has 4 rings (SSSR count). The lowest BCUT2D eigenvalue weighted by Gasteiger charge is -2.12. The van der Waals surface area contributed by atoms with E-state index in [1.807, 2.05) is 32.2 Å². The van der Waals surface area contributed by atoms with Gasteiger partial charge in [-0.05, 0) is 73.7 Å². The van der Waals surface area contributed by atoms with E-state index in [2.05, 4.69) is 26.7 Å².